The van der Waals surface area contributed by atoms with Crippen molar-refractivity contribution in [3.05, 3.63) is 0 Å². The van der Waals surface area contributed by atoms with Crippen LogP contribution in [0.15, 0.2) is 0 Å². The third-order valence-electron chi connectivity index (χ3n) is 1.35. The minimum atomic E-state index is -0.899. The molecule has 0 aromatic carbocycles. The summed E-state index contributed by atoms with van der Waals surface area (Å²) in [7, 11) is 0. The van der Waals surface area contributed by atoms with Gasteiger partial charge in [0.15, 0.2) is 12.4 Å². The van der Waals surface area contributed by atoms with E-state index in [9.17, 15) is 4.79 Å². The number of aliphatic hydroxyl groups excluding tert-OH is 1. The van der Waals surface area contributed by atoms with E-state index in [1.54, 1.807) is 0 Å². The molecule has 0 unspecified atom stereocenters. The largest absolute Gasteiger partial charge is 0.370 e. The van der Waals surface area contributed by atoms with E-state index in [0.717, 1.165) is 0 Å². The van der Waals surface area contributed by atoms with Crippen LogP contribution in [0.4, 0.5) is 0 Å². The van der Waals surface area contributed by atoms with Gasteiger partial charge in [-0.25, -0.2) is 4.79 Å². The zero-order chi connectivity index (χ0) is 7.56. The Bertz CT molecular complexity index is 134. The van der Waals surface area contributed by atoms with Gasteiger partial charge in [0.25, 0.3) is 0 Å². The first-order valence-electron chi connectivity index (χ1n) is 2.93. The molecule has 0 aromatic heterocycles. The predicted molar refractivity (Wildman–Crippen MR) is 28.8 cm³/mol. The maximum absolute atomic E-state index is 10.5. The highest BCUT2D eigenvalue weighted by atomic mass is 17.1. The number of carbonyl (C=O) groups is 1. The zero-order valence-corrected chi connectivity index (χ0v) is 5.19. The molecule has 0 bridgehead atoms. The molecule has 1 fully saturated rings. The second kappa shape index (κ2) is 2.96. The van der Waals surface area contributed by atoms with Crippen molar-refractivity contribution in [2.45, 2.75) is 25.2 Å². The summed E-state index contributed by atoms with van der Waals surface area (Å²) in [6, 6.07) is 0. The quantitative estimate of drug-likeness (QED) is 0.387. The summed E-state index contributed by atoms with van der Waals surface area (Å²) in [5, 5.41) is 16.6. The average molecular weight is 148 g/mol. The van der Waals surface area contributed by atoms with Crippen LogP contribution in [-0.4, -0.2) is 28.7 Å². The van der Waals surface area contributed by atoms with Crippen molar-refractivity contribution in [3.63, 3.8) is 0 Å². The Kier molecular flexibility index (Phi) is 2.21. The van der Waals surface area contributed by atoms with E-state index >= 15 is 0 Å². The van der Waals surface area contributed by atoms with Crippen molar-refractivity contribution in [2.75, 3.05) is 0 Å². The Morgan fingerprint density at radius 1 is 1.60 bits per heavy atom. The van der Waals surface area contributed by atoms with Crippen molar-refractivity contribution in [2.24, 2.45) is 0 Å². The Labute approximate surface area is 57.1 Å². The second-order valence-electron chi connectivity index (χ2n) is 2.07. The fourth-order valence-corrected chi connectivity index (χ4v) is 0.852. The van der Waals surface area contributed by atoms with Crippen molar-refractivity contribution < 1.29 is 24.8 Å². The van der Waals surface area contributed by atoms with Gasteiger partial charge in [-0.1, -0.05) is 0 Å². The van der Waals surface area contributed by atoms with Gasteiger partial charge in [0.1, 0.15) is 0 Å². The normalized spacial score (nSPS) is 32.2. The lowest BCUT2D eigenvalue weighted by Gasteiger charge is -2.04. The highest BCUT2D eigenvalue weighted by Crippen LogP contribution is 2.17. The van der Waals surface area contributed by atoms with Crippen LogP contribution in [0.1, 0.15) is 12.8 Å². The van der Waals surface area contributed by atoms with E-state index in [4.69, 9.17) is 10.4 Å². The third-order valence-corrected chi connectivity index (χ3v) is 1.35. The molecule has 10 heavy (non-hydrogen) atoms. The standard InChI is InChI=1S/C5H8O5/c6-4-2-1-3(9-4)5(7)10-8/h3-4,6,8H,1-2H2/t3-,4-/m0/s1. The van der Waals surface area contributed by atoms with Crippen LogP contribution in [-0.2, 0) is 14.4 Å². The SMILES string of the molecule is O=C(OO)[C@@H]1CC[C@@H](O)O1. The Morgan fingerprint density at radius 2 is 2.30 bits per heavy atom. The van der Waals surface area contributed by atoms with E-state index in [0.29, 0.717) is 12.8 Å². The Morgan fingerprint density at radius 3 is 2.70 bits per heavy atom. The van der Waals surface area contributed by atoms with E-state index in [2.05, 4.69) is 9.62 Å². The summed E-state index contributed by atoms with van der Waals surface area (Å²) in [6.07, 6.45) is -0.913. The molecular weight excluding hydrogens is 140 g/mol. The summed E-state index contributed by atoms with van der Waals surface area (Å²) < 4.78 is 4.63. The van der Waals surface area contributed by atoms with E-state index in [1.165, 1.54) is 0 Å². The fraction of sp³-hybridized carbons (Fsp3) is 0.800. The number of hydrogen-bond donors (Lipinski definition) is 2. The molecule has 0 aliphatic carbocycles. The smallest absolute Gasteiger partial charge is 0.368 e. The highest BCUT2D eigenvalue weighted by molar-refractivity contribution is 5.74. The summed E-state index contributed by atoms with van der Waals surface area (Å²) >= 11 is 0. The first-order chi connectivity index (χ1) is 4.74. The van der Waals surface area contributed by atoms with Gasteiger partial charge >= 0.3 is 5.97 Å². The minimum absolute atomic E-state index is 0.389. The molecule has 0 radical (unpaired) electrons. The number of aliphatic hydroxyl groups is 1. The summed E-state index contributed by atoms with van der Waals surface area (Å²) in [4.78, 5) is 13.9. The zero-order valence-electron chi connectivity index (χ0n) is 5.19. The summed E-state index contributed by atoms with van der Waals surface area (Å²) in [5.41, 5.74) is 0. The van der Waals surface area contributed by atoms with Gasteiger partial charge in [0.05, 0.1) is 0 Å². The highest BCUT2D eigenvalue weighted by Gasteiger charge is 2.30. The summed E-state index contributed by atoms with van der Waals surface area (Å²) in [5.74, 6) is -0.850. The second-order valence-corrected chi connectivity index (χ2v) is 2.07. The molecule has 1 saturated heterocycles. The first kappa shape index (κ1) is 7.46. The number of ether oxygens (including phenoxy) is 1. The molecular formula is C5H8O5. The van der Waals surface area contributed by atoms with Crippen LogP contribution in [0.25, 0.3) is 0 Å². The van der Waals surface area contributed by atoms with Crippen molar-refractivity contribution in [1.29, 1.82) is 0 Å². The molecule has 1 rings (SSSR count). The van der Waals surface area contributed by atoms with Crippen LogP contribution in [0, 0.1) is 0 Å². The Balaban J connectivity index is 2.37. The van der Waals surface area contributed by atoms with Crippen molar-refractivity contribution >= 4 is 5.97 Å². The number of rotatable bonds is 1. The number of hydrogen-bond acceptors (Lipinski definition) is 5. The molecule has 0 saturated carbocycles. The van der Waals surface area contributed by atoms with Crippen LogP contribution >= 0.6 is 0 Å². The van der Waals surface area contributed by atoms with Crippen LogP contribution in [0.2, 0.25) is 0 Å². The lowest BCUT2D eigenvalue weighted by Crippen LogP contribution is -2.22. The van der Waals surface area contributed by atoms with E-state index < -0.39 is 18.4 Å². The lowest BCUT2D eigenvalue weighted by atomic mass is 10.2. The molecule has 5 heteroatoms. The van der Waals surface area contributed by atoms with Crippen molar-refractivity contribution in [1.82, 2.24) is 0 Å². The molecule has 0 amide bonds. The molecule has 5 nitrogen and oxygen atoms in total. The molecule has 2 N–H and O–H groups in total. The molecule has 1 aliphatic rings. The molecule has 58 valence electrons. The maximum Gasteiger partial charge on any atom is 0.370 e. The first-order valence-corrected chi connectivity index (χ1v) is 2.93. The molecule has 0 aromatic rings. The fourth-order valence-electron chi connectivity index (χ4n) is 0.852. The molecule has 0 spiro atoms. The molecule has 1 heterocycles. The lowest BCUT2D eigenvalue weighted by molar-refractivity contribution is -0.247. The minimum Gasteiger partial charge on any atom is -0.368 e. The van der Waals surface area contributed by atoms with E-state index in [-0.39, 0.29) is 0 Å². The van der Waals surface area contributed by atoms with Gasteiger partial charge in [-0.15, -0.1) is 0 Å². The predicted octanol–water partition coefficient (Wildman–Crippen LogP) is -0.500. The Hall–Kier alpha value is -0.650. The molecule has 2 atom stereocenters. The average Bonchev–Trinajstić information content (AvgIpc) is 2.34. The number of carbonyl (C=O) groups excluding carboxylic acids is 1. The van der Waals surface area contributed by atoms with Gasteiger partial charge in [-0.05, 0) is 6.42 Å². The van der Waals surface area contributed by atoms with Gasteiger partial charge < -0.3 is 9.84 Å². The third kappa shape index (κ3) is 1.44. The monoisotopic (exact) mass is 148 g/mol. The maximum atomic E-state index is 10.5. The van der Waals surface area contributed by atoms with Gasteiger partial charge in [-0.3, -0.25) is 4.89 Å². The van der Waals surface area contributed by atoms with Crippen LogP contribution < -0.4 is 0 Å². The summed E-state index contributed by atoms with van der Waals surface area (Å²) in [6.45, 7) is 0. The van der Waals surface area contributed by atoms with E-state index in [1.807, 2.05) is 0 Å². The van der Waals surface area contributed by atoms with Gasteiger partial charge in [0, 0.05) is 6.42 Å². The van der Waals surface area contributed by atoms with Crippen molar-refractivity contribution in [3.8, 4) is 0 Å². The van der Waals surface area contributed by atoms with Crippen LogP contribution in [0.5, 0.6) is 0 Å². The van der Waals surface area contributed by atoms with Gasteiger partial charge in [0.2, 0.25) is 0 Å². The topological polar surface area (TPSA) is 76.0 Å². The molecule has 1 aliphatic heterocycles. The van der Waals surface area contributed by atoms with Crippen LogP contribution in [0.3, 0.4) is 0 Å². The van der Waals surface area contributed by atoms with Gasteiger partial charge in [-0.2, -0.15) is 5.26 Å².